The largest absolute Gasteiger partial charge is 0.385 e. The molecule has 0 amide bonds. The fraction of sp³-hybridized carbons (Fsp3) is 0.385. The third-order valence-corrected chi connectivity index (χ3v) is 2.65. The van der Waals surface area contributed by atoms with Crippen LogP contribution in [0.4, 0.5) is 0 Å². The molecule has 1 nitrogen and oxygen atoms in total. The Kier molecular flexibility index (Phi) is 3.23. The maximum absolute atomic E-state index is 3.50. The lowest BCUT2D eigenvalue weighted by atomic mass is 10.0. The maximum atomic E-state index is 3.50. The lowest BCUT2D eigenvalue weighted by Gasteiger charge is -2.14. The second-order valence-electron chi connectivity index (χ2n) is 3.81. The lowest BCUT2D eigenvalue weighted by Crippen LogP contribution is -2.14. The van der Waals surface area contributed by atoms with Crippen molar-refractivity contribution in [1.29, 1.82) is 0 Å². The summed E-state index contributed by atoms with van der Waals surface area (Å²) in [5.41, 5.74) is 2.79. The highest BCUT2D eigenvalue weighted by Gasteiger charge is 2.02. The monoisotopic (exact) mass is 187 g/mol. The van der Waals surface area contributed by atoms with Crippen molar-refractivity contribution in [2.75, 3.05) is 0 Å². The Hall–Kier alpha value is -1.24. The van der Waals surface area contributed by atoms with Gasteiger partial charge in [0.1, 0.15) is 0 Å². The molecule has 0 saturated heterocycles. The van der Waals surface area contributed by atoms with Crippen LogP contribution in [0.2, 0.25) is 0 Å². The van der Waals surface area contributed by atoms with Gasteiger partial charge in [0.05, 0.1) is 0 Å². The van der Waals surface area contributed by atoms with E-state index in [1.807, 2.05) is 0 Å². The molecule has 0 aliphatic heterocycles. The van der Waals surface area contributed by atoms with Gasteiger partial charge in [0, 0.05) is 12.2 Å². The molecule has 0 spiro atoms. The van der Waals surface area contributed by atoms with Crippen LogP contribution in [0, 0.1) is 0 Å². The summed E-state index contributed by atoms with van der Waals surface area (Å²) < 4.78 is 0. The Bertz CT molecular complexity index is 300. The van der Waals surface area contributed by atoms with E-state index in [1.54, 1.807) is 0 Å². The Morgan fingerprint density at radius 1 is 1.07 bits per heavy atom. The molecule has 1 aromatic rings. The van der Waals surface area contributed by atoms with E-state index in [9.17, 15) is 0 Å². The van der Waals surface area contributed by atoms with Crippen LogP contribution in [-0.2, 0) is 6.54 Å². The first-order valence-corrected chi connectivity index (χ1v) is 5.42. The van der Waals surface area contributed by atoms with Crippen molar-refractivity contribution in [1.82, 2.24) is 5.32 Å². The third kappa shape index (κ3) is 2.63. The molecule has 0 saturated carbocycles. The molecule has 14 heavy (non-hydrogen) atoms. The van der Waals surface area contributed by atoms with Crippen molar-refractivity contribution < 1.29 is 0 Å². The fourth-order valence-corrected chi connectivity index (χ4v) is 1.81. The summed E-state index contributed by atoms with van der Waals surface area (Å²) in [7, 11) is 0. The topological polar surface area (TPSA) is 12.0 Å². The van der Waals surface area contributed by atoms with E-state index in [0.717, 1.165) is 6.54 Å². The first-order valence-electron chi connectivity index (χ1n) is 5.42. The van der Waals surface area contributed by atoms with Crippen molar-refractivity contribution >= 4 is 0 Å². The molecule has 74 valence electrons. The summed E-state index contributed by atoms with van der Waals surface area (Å²) in [5, 5.41) is 3.50. The van der Waals surface area contributed by atoms with Gasteiger partial charge in [-0.05, 0) is 31.2 Å². The van der Waals surface area contributed by atoms with Gasteiger partial charge in [-0.3, -0.25) is 0 Å². The first-order chi connectivity index (χ1) is 6.95. The van der Waals surface area contributed by atoms with E-state index in [2.05, 4.69) is 41.7 Å². The van der Waals surface area contributed by atoms with E-state index in [1.165, 1.54) is 36.9 Å². The van der Waals surface area contributed by atoms with Gasteiger partial charge in [-0.15, -0.1) is 0 Å². The van der Waals surface area contributed by atoms with Crippen LogP contribution in [0.3, 0.4) is 0 Å². The number of hydrogen-bond donors (Lipinski definition) is 1. The van der Waals surface area contributed by atoms with Gasteiger partial charge >= 0.3 is 0 Å². The quantitative estimate of drug-likeness (QED) is 0.766. The first kappa shape index (κ1) is 9.32. The predicted octanol–water partition coefficient (Wildman–Crippen LogP) is 3.23. The van der Waals surface area contributed by atoms with Crippen LogP contribution in [0.15, 0.2) is 42.1 Å². The van der Waals surface area contributed by atoms with Crippen molar-refractivity contribution in [3.63, 3.8) is 0 Å². The molecule has 0 atom stereocenters. The molecule has 0 unspecified atom stereocenters. The molecule has 1 aliphatic carbocycles. The average molecular weight is 187 g/mol. The average Bonchev–Trinajstić information content (AvgIpc) is 2.29. The van der Waals surface area contributed by atoms with Crippen LogP contribution in [-0.4, -0.2) is 0 Å². The molecular weight excluding hydrogens is 170 g/mol. The molecular formula is C13H17N. The number of hydrogen-bond acceptors (Lipinski definition) is 1. The zero-order valence-corrected chi connectivity index (χ0v) is 8.50. The lowest BCUT2D eigenvalue weighted by molar-refractivity contribution is 0.639. The van der Waals surface area contributed by atoms with Crippen LogP contribution >= 0.6 is 0 Å². The molecule has 0 fully saturated rings. The summed E-state index contributed by atoms with van der Waals surface area (Å²) in [6.07, 6.45) is 7.51. The van der Waals surface area contributed by atoms with Crippen molar-refractivity contribution in [2.45, 2.75) is 32.2 Å². The van der Waals surface area contributed by atoms with Crippen molar-refractivity contribution in [2.24, 2.45) is 0 Å². The van der Waals surface area contributed by atoms with E-state index in [-0.39, 0.29) is 0 Å². The van der Waals surface area contributed by atoms with Crippen LogP contribution < -0.4 is 5.32 Å². The Morgan fingerprint density at radius 2 is 1.93 bits per heavy atom. The summed E-state index contributed by atoms with van der Waals surface area (Å²) in [6.45, 7) is 0.965. The van der Waals surface area contributed by atoms with Crippen molar-refractivity contribution in [3.8, 4) is 0 Å². The van der Waals surface area contributed by atoms with Gasteiger partial charge in [-0.2, -0.15) is 0 Å². The number of allylic oxidation sites excluding steroid dienone is 2. The number of nitrogens with one attached hydrogen (secondary N) is 1. The summed E-state index contributed by atoms with van der Waals surface area (Å²) in [6, 6.07) is 10.6. The standard InChI is InChI=1S/C13H17N/c1-3-7-12(8-4-1)11-14-13-9-5-2-6-10-13/h1,3-4,7-9,14H,2,5-6,10-11H2. The second-order valence-corrected chi connectivity index (χ2v) is 3.81. The minimum absolute atomic E-state index is 0.965. The van der Waals surface area contributed by atoms with Gasteiger partial charge in [0.2, 0.25) is 0 Å². The fourth-order valence-electron chi connectivity index (χ4n) is 1.81. The molecule has 0 heterocycles. The molecule has 0 radical (unpaired) electrons. The highest BCUT2D eigenvalue weighted by Crippen LogP contribution is 2.15. The van der Waals surface area contributed by atoms with E-state index >= 15 is 0 Å². The van der Waals surface area contributed by atoms with Crippen molar-refractivity contribution in [3.05, 3.63) is 47.7 Å². The Morgan fingerprint density at radius 3 is 2.64 bits per heavy atom. The zero-order chi connectivity index (χ0) is 9.64. The molecule has 0 bridgehead atoms. The third-order valence-electron chi connectivity index (χ3n) is 2.65. The SMILES string of the molecule is C1=C(NCc2ccccc2)CCCC1. The Balaban J connectivity index is 1.85. The number of benzene rings is 1. The van der Waals surface area contributed by atoms with E-state index < -0.39 is 0 Å². The minimum Gasteiger partial charge on any atom is -0.385 e. The van der Waals surface area contributed by atoms with Gasteiger partial charge in [0.25, 0.3) is 0 Å². The van der Waals surface area contributed by atoms with Crippen LogP contribution in [0.25, 0.3) is 0 Å². The summed E-state index contributed by atoms with van der Waals surface area (Å²) >= 11 is 0. The smallest absolute Gasteiger partial charge is 0.0397 e. The Labute approximate surface area is 85.8 Å². The molecule has 1 aromatic carbocycles. The predicted molar refractivity (Wildman–Crippen MR) is 59.8 cm³/mol. The van der Waals surface area contributed by atoms with Gasteiger partial charge in [-0.1, -0.05) is 36.4 Å². The molecule has 0 aromatic heterocycles. The van der Waals surface area contributed by atoms with E-state index in [4.69, 9.17) is 0 Å². The minimum atomic E-state index is 0.965. The molecule has 1 N–H and O–H groups in total. The summed E-state index contributed by atoms with van der Waals surface area (Å²) in [5.74, 6) is 0. The molecule has 2 rings (SSSR count). The van der Waals surface area contributed by atoms with Gasteiger partial charge in [-0.25, -0.2) is 0 Å². The number of rotatable bonds is 3. The van der Waals surface area contributed by atoms with Gasteiger partial charge < -0.3 is 5.32 Å². The zero-order valence-electron chi connectivity index (χ0n) is 8.50. The molecule has 1 heteroatoms. The highest BCUT2D eigenvalue weighted by molar-refractivity contribution is 5.15. The van der Waals surface area contributed by atoms with E-state index in [0.29, 0.717) is 0 Å². The van der Waals surface area contributed by atoms with Gasteiger partial charge in [0.15, 0.2) is 0 Å². The molecule has 1 aliphatic rings. The highest BCUT2D eigenvalue weighted by atomic mass is 14.9. The van der Waals surface area contributed by atoms with Crippen LogP contribution in [0.1, 0.15) is 31.2 Å². The normalized spacial score (nSPS) is 16.1. The second kappa shape index (κ2) is 4.85. The van der Waals surface area contributed by atoms with Crippen LogP contribution in [0.5, 0.6) is 0 Å². The summed E-state index contributed by atoms with van der Waals surface area (Å²) in [4.78, 5) is 0. The maximum Gasteiger partial charge on any atom is 0.0397 e.